The number of halogens is 6. The molecule has 12 heteroatoms. The molecule has 3 aromatic rings. The van der Waals surface area contributed by atoms with Gasteiger partial charge in [-0.1, -0.05) is 11.6 Å². The fraction of sp³-hybridized carbons (Fsp3) is 0.211. The lowest BCUT2D eigenvalue weighted by Gasteiger charge is -2.17. The number of ether oxygens (including phenoxy) is 1. The Morgan fingerprint density at radius 3 is 2.65 bits per heavy atom. The molecule has 0 saturated carbocycles. The summed E-state index contributed by atoms with van der Waals surface area (Å²) in [6.45, 7) is 0.346. The monoisotopic (exact) mass is 461 g/mol. The van der Waals surface area contributed by atoms with Gasteiger partial charge in [-0.15, -0.1) is 13.2 Å². The molecule has 0 radical (unpaired) electrons. The number of benzene rings is 1. The summed E-state index contributed by atoms with van der Waals surface area (Å²) in [7, 11) is 0. The quantitative estimate of drug-likeness (QED) is 0.584. The van der Waals surface area contributed by atoms with E-state index in [-0.39, 0.29) is 21.7 Å². The first-order chi connectivity index (χ1) is 14.5. The lowest BCUT2D eigenvalue weighted by molar-refractivity contribution is -0.325. The zero-order valence-corrected chi connectivity index (χ0v) is 16.4. The molecule has 0 spiro atoms. The average molecular weight is 462 g/mol. The average Bonchev–Trinajstić information content (AvgIpc) is 2.67. The van der Waals surface area contributed by atoms with E-state index in [4.69, 9.17) is 11.6 Å². The molecule has 1 atom stereocenters. The normalized spacial score (nSPS) is 12.7. The Labute approximate surface area is 176 Å². The Balaban J connectivity index is 2.09. The molecule has 1 amide bonds. The van der Waals surface area contributed by atoms with Gasteiger partial charge in [0, 0.05) is 18.5 Å². The van der Waals surface area contributed by atoms with E-state index in [9.17, 15) is 31.5 Å². The molecule has 0 aliphatic heterocycles. The van der Waals surface area contributed by atoms with Crippen LogP contribution in [-0.4, -0.2) is 34.5 Å². The number of carbonyl (C=O) groups is 1. The van der Waals surface area contributed by atoms with Crippen molar-refractivity contribution in [3.63, 3.8) is 0 Å². The second-order valence-corrected chi connectivity index (χ2v) is 6.93. The van der Waals surface area contributed by atoms with Gasteiger partial charge in [0.15, 0.2) is 0 Å². The first kappa shape index (κ1) is 22.6. The van der Waals surface area contributed by atoms with Crippen LogP contribution in [0, 0.1) is 11.6 Å². The number of pyridine rings is 2. The van der Waals surface area contributed by atoms with E-state index >= 15 is 0 Å². The van der Waals surface area contributed by atoms with Crippen LogP contribution in [0.2, 0.25) is 5.02 Å². The molecule has 1 N–H and O–H groups in total. The maximum atomic E-state index is 14.4. The van der Waals surface area contributed by atoms with Crippen molar-refractivity contribution >= 4 is 28.5 Å². The van der Waals surface area contributed by atoms with Gasteiger partial charge in [0.2, 0.25) is 5.43 Å². The van der Waals surface area contributed by atoms with Crippen molar-refractivity contribution in [2.45, 2.75) is 19.3 Å². The number of nitrogens with zero attached hydrogens (tertiary/aromatic N) is 2. The van der Waals surface area contributed by atoms with Crippen molar-refractivity contribution in [3.05, 3.63) is 69.1 Å². The van der Waals surface area contributed by atoms with Crippen LogP contribution in [0.5, 0.6) is 0 Å². The van der Waals surface area contributed by atoms with Crippen LogP contribution in [0.4, 0.5) is 22.0 Å². The molecule has 0 saturated heterocycles. The van der Waals surface area contributed by atoms with Crippen LogP contribution in [0.1, 0.15) is 17.3 Å². The van der Waals surface area contributed by atoms with E-state index in [1.165, 1.54) is 19.2 Å². The first-order valence-electron chi connectivity index (χ1n) is 8.64. The molecule has 1 aromatic carbocycles. The minimum Gasteiger partial charge on any atom is -0.347 e. The number of alkyl halides is 3. The molecule has 0 aliphatic rings. The molecule has 3 rings (SSSR count). The number of aromatic nitrogens is 2. The van der Waals surface area contributed by atoms with Crippen LogP contribution in [0.25, 0.3) is 16.7 Å². The van der Waals surface area contributed by atoms with Crippen LogP contribution in [0.15, 0.2) is 41.5 Å². The lowest BCUT2D eigenvalue weighted by atomic mass is 10.1. The largest absolute Gasteiger partial charge is 0.522 e. The van der Waals surface area contributed by atoms with E-state index in [0.29, 0.717) is 6.07 Å². The first-order valence-corrected chi connectivity index (χ1v) is 9.02. The van der Waals surface area contributed by atoms with Crippen molar-refractivity contribution in [1.29, 1.82) is 0 Å². The van der Waals surface area contributed by atoms with E-state index in [2.05, 4.69) is 15.0 Å². The zero-order valence-electron chi connectivity index (χ0n) is 15.6. The summed E-state index contributed by atoms with van der Waals surface area (Å²) >= 11 is 5.88. The van der Waals surface area contributed by atoms with Gasteiger partial charge >= 0.3 is 6.36 Å². The Bertz CT molecular complexity index is 1210. The molecule has 31 heavy (non-hydrogen) atoms. The van der Waals surface area contributed by atoms with Gasteiger partial charge in [0.25, 0.3) is 5.91 Å². The maximum Gasteiger partial charge on any atom is 0.522 e. The second-order valence-electron chi connectivity index (χ2n) is 6.49. The number of hydrogen-bond donors (Lipinski definition) is 1. The number of carbonyl (C=O) groups excluding carboxylic acids is 1. The fourth-order valence-corrected chi connectivity index (χ4v) is 2.93. The van der Waals surface area contributed by atoms with Gasteiger partial charge in [0.05, 0.1) is 28.7 Å². The molecular formula is C19H13ClF5N3O3. The highest BCUT2D eigenvalue weighted by molar-refractivity contribution is 6.31. The molecule has 1 unspecified atom stereocenters. The fourth-order valence-electron chi connectivity index (χ4n) is 2.77. The van der Waals surface area contributed by atoms with E-state index in [1.54, 1.807) is 0 Å². The number of hydrogen-bond acceptors (Lipinski definition) is 4. The molecule has 6 nitrogen and oxygen atoms in total. The van der Waals surface area contributed by atoms with Crippen LogP contribution in [-0.2, 0) is 4.74 Å². The summed E-state index contributed by atoms with van der Waals surface area (Å²) < 4.78 is 69.0. The smallest absolute Gasteiger partial charge is 0.347 e. The van der Waals surface area contributed by atoms with Crippen molar-refractivity contribution < 1.29 is 31.5 Å². The standard InChI is InChI=1S/C19H13ClF5N3O3/c1-9(8-31-19(23,24)25)27-18(30)13-7-28(15-3-2-11(21)5-14(15)22)17-12(16(13)29)4-10(20)6-26-17/h2-7,9H,8H2,1H3,(H,27,30). The van der Waals surface area contributed by atoms with E-state index in [1.807, 2.05) is 0 Å². The van der Waals surface area contributed by atoms with Crippen molar-refractivity contribution in [1.82, 2.24) is 14.9 Å². The van der Waals surface area contributed by atoms with Gasteiger partial charge in [-0.2, -0.15) is 0 Å². The molecular weight excluding hydrogens is 449 g/mol. The second kappa shape index (κ2) is 8.60. The van der Waals surface area contributed by atoms with Crippen molar-refractivity contribution in [2.24, 2.45) is 0 Å². The summed E-state index contributed by atoms with van der Waals surface area (Å²) in [6, 6.07) is 2.74. The Kier molecular flexibility index (Phi) is 6.27. The van der Waals surface area contributed by atoms with Gasteiger partial charge in [-0.25, -0.2) is 13.8 Å². The highest BCUT2D eigenvalue weighted by atomic mass is 35.5. The number of nitrogens with one attached hydrogen (secondary N) is 1. The van der Waals surface area contributed by atoms with Gasteiger partial charge < -0.3 is 5.32 Å². The highest BCUT2D eigenvalue weighted by Gasteiger charge is 2.30. The van der Waals surface area contributed by atoms with Gasteiger partial charge in [-0.05, 0) is 25.1 Å². The van der Waals surface area contributed by atoms with Crippen molar-refractivity contribution in [2.75, 3.05) is 6.61 Å². The predicted octanol–water partition coefficient (Wildman–Crippen LogP) is 3.97. The van der Waals surface area contributed by atoms with Crippen LogP contribution >= 0.6 is 11.6 Å². The summed E-state index contributed by atoms with van der Waals surface area (Å²) in [5.41, 5.74) is -1.63. The molecule has 2 heterocycles. The lowest BCUT2D eigenvalue weighted by Crippen LogP contribution is -2.39. The van der Waals surface area contributed by atoms with Gasteiger partial charge in [0.1, 0.15) is 22.8 Å². The predicted molar refractivity (Wildman–Crippen MR) is 101 cm³/mol. The molecule has 0 bridgehead atoms. The third-order valence-electron chi connectivity index (χ3n) is 4.10. The summed E-state index contributed by atoms with van der Waals surface area (Å²) in [5, 5.41) is 2.11. The molecule has 2 aromatic heterocycles. The van der Waals surface area contributed by atoms with Crippen LogP contribution in [0.3, 0.4) is 0 Å². The number of fused-ring (bicyclic) bond motifs is 1. The Morgan fingerprint density at radius 2 is 2.00 bits per heavy atom. The van der Waals surface area contributed by atoms with Crippen molar-refractivity contribution in [3.8, 4) is 5.69 Å². The molecule has 164 valence electrons. The zero-order chi connectivity index (χ0) is 22.9. The summed E-state index contributed by atoms with van der Waals surface area (Å²) in [4.78, 5) is 29.4. The highest BCUT2D eigenvalue weighted by Crippen LogP contribution is 2.22. The topological polar surface area (TPSA) is 73.2 Å². The Hall–Kier alpha value is -3.05. The summed E-state index contributed by atoms with van der Waals surface area (Å²) in [5.74, 6) is -2.87. The van der Waals surface area contributed by atoms with E-state index < -0.39 is 47.5 Å². The molecule has 0 fully saturated rings. The number of rotatable bonds is 5. The SMILES string of the molecule is CC(COC(F)(F)F)NC(=O)c1cn(-c2ccc(F)cc2F)c2ncc(Cl)cc2c1=O. The van der Waals surface area contributed by atoms with E-state index in [0.717, 1.165) is 22.9 Å². The third kappa shape index (κ3) is 5.17. The summed E-state index contributed by atoms with van der Waals surface area (Å²) in [6.07, 6.45) is -2.73. The minimum atomic E-state index is -4.89. The minimum absolute atomic E-state index is 0.0558. The maximum absolute atomic E-state index is 14.4. The van der Waals surface area contributed by atoms with Crippen LogP contribution < -0.4 is 10.7 Å². The Morgan fingerprint density at radius 1 is 1.29 bits per heavy atom. The number of amides is 1. The molecule has 0 aliphatic carbocycles. The van der Waals surface area contributed by atoms with Gasteiger partial charge in [-0.3, -0.25) is 18.9 Å². The third-order valence-corrected chi connectivity index (χ3v) is 4.30.